The van der Waals surface area contributed by atoms with Gasteiger partial charge in [0.1, 0.15) is 22.9 Å². The van der Waals surface area contributed by atoms with Crippen molar-refractivity contribution in [3.05, 3.63) is 82.3 Å². The van der Waals surface area contributed by atoms with E-state index in [9.17, 15) is 10.2 Å². The number of hydrogen-bond acceptors (Lipinski definition) is 5. The van der Waals surface area contributed by atoms with Gasteiger partial charge >= 0.3 is 0 Å². The van der Waals surface area contributed by atoms with Crippen LogP contribution in [0.4, 0.5) is 17.1 Å². The van der Waals surface area contributed by atoms with E-state index >= 15 is 0 Å². The number of benzene rings is 3. The molecule has 134 valence electrons. The molecule has 1 aliphatic heterocycles. The van der Waals surface area contributed by atoms with Gasteiger partial charge in [0.25, 0.3) is 0 Å². The van der Waals surface area contributed by atoms with E-state index in [0.717, 1.165) is 16.5 Å². The molecule has 0 saturated carbocycles. The van der Waals surface area contributed by atoms with E-state index in [1.165, 1.54) is 0 Å². The van der Waals surface area contributed by atoms with Crippen LogP contribution in [-0.2, 0) is 0 Å². The van der Waals surface area contributed by atoms with Crippen molar-refractivity contribution < 1.29 is 10.2 Å². The van der Waals surface area contributed by atoms with E-state index in [1.54, 1.807) is 24.3 Å². The van der Waals surface area contributed by atoms with Gasteiger partial charge in [-0.15, -0.1) is 10.2 Å². The summed E-state index contributed by atoms with van der Waals surface area (Å²) >= 11 is -0.230. The average molecular weight is 469 g/mol. The fraction of sp³-hybridized carbons (Fsp3) is 0. The lowest BCUT2D eigenvalue weighted by Gasteiger charge is -2.14. The maximum absolute atomic E-state index is 10.1. The predicted molar refractivity (Wildman–Crippen MR) is 119 cm³/mol. The van der Waals surface area contributed by atoms with Crippen molar-refractivity contribution >= 4 is 52.6 Å². The van der Waals surface area contributed by atoms with Crippen molar-refractivity contribution in [1.29, 1.82) is 0 Å². The normalized spacial score (nSPS) is 13.9. The summed E-state index contributed by atoms with van der Waals surface area (Å²) in [6, 6.07) is 18.6. The van der Waals surface area contributed by atoms with E-state index in [1.807, 2.05) is 46.6 Å². The standard InChI is InChI=1S/C21H16IN3O2/c26-19-8-4-3-7-17(19)24-25-21-15-6-2-1-5-14(15)9-10-18(21)23-16-11-12-22-13-20(16)27/h1-13,23,26-27H. The lowest BCUT2D eigenvalue weighted by atomic mass is 10.1. The molecule has 0 bridgehead atoms. The highest BCUT2D eigenvalue weighted by Crippen LogP contribution is 2.37. The number of phenols is 1. The molecule has 0 aromatic heterocycles. The molecular weight excluding hydrogens is 453 g/mol. The first-order valence-corrected chi connectivity index (χ1v) is 10.7. The molecule has 0 radical (unpaired) electrons. The molecular formula is C21H16IN3O2. The van der Waals surface area contributed by atoms with Crippen molar-refractivity contribution in [2.24, 2.45) is 10.2 Å². The number of aromatic hydroxyl groups is 1. The van der Waals surface area contributed by atoms with E-state index in [2.05, 4.69) is 19.6 Å². The first-order valence-electron chi connectivity index (χ1n) is 8.26. The van der Waals surface area contributed by atoms with Gasteiger partial charge in [-0.1, -0.05) is 63.2 Å². The van der Waals surface area contributed by atoms with Gasteiger partial charge in [-0.25, -0.2) is 0 Å². The molecule has 5 nitrogen and oxygen atoms in total. The Labute approximate surface area is 166 Å². The van der Waals surface area contributed by atoms with Gasteiger partial charge in [0, 0.05) is 9.47 Å². The Morgan fingerprint density at radius 1 is 0.852 bits per heavy atom. The van der Waals surface area contributed by atoms with Crippen molar-refractivity contribution in [1.82, 2.24) is 0 Å². The molecule has 0 atom stereocenters. The number of azo groups is 1. The number of halogens is 1. The summed E-state index contributed by atoms with van der Waals surface area (Å²) in [6.45, 7) is 0. The second-order valence-corrected chi connectivity index (χ2v) is 7.88. The van der Waals surface area contributed by atoms with Gasteiger partial charge in [-0.05, 0) is 33.7 Å². The summed E-state index contributed by atoms with van der Waals surface area (Å²) < 4.78 is 3.93. The molecule has 4 rings (SSSR count). The van der Waals surface area contributed by atoms with Crippen molar-refractivity contribution in [2.75, 3.05) is 5.32 Å². The van der Waals surface area contributed by atoms with Crippen LogP contribution < -0.4 is 5.32 Å². The molecule has 1 heterocycles. The van der Waals surface area contributed by atoms with E-state index in [4.69, 9.17) is 0 Å². The number of hydrogen-bond donors (Lipinski definition) is 3. The Bertz CT molecular complexity index is 1130. The smallest absolute Gasteiger partial charge is 0.144 e. The molecule has 0 spiro atoms. The van der Waals surface area contributed by atoms with Crippen molar-refractivity contribution in [3.8, 4) is 5.75 Å². The lowest BCUT2D eigenvalue weighted by molar-refractivity contribution is 0.427. The number of anilines is 1. The fourth-order valence-corrected chi connectivity index (χ4v) is 4.16. The van der Waals surface area contributed by atoms with Crippen LogP contribution in [0.2, 0.25) is 0 Å². The zero-order valence-corrected chi connectivity index (χ0v) is 16.3. The van der Waals surface area contributed by atoms with Gasteiger partial charge in [0.05, 0.1) is 11.4 Å². The highest BCUT2D eigenvalue weighted by atomic mass is 127. The van der Waals surface area contributed by atoms with Crippen molar-refractivity contribution in [3.63, 3.8) is 0 Å². The molecule has 0 amide bonds. The number of aliphatic hydroxyl groups excluding tert-OH is 1. The fourth-order valence-electron chi connectivity index (χ4n) is 2.71. The molecule has 27 heavy (non-hydrogen) atoms. The highest BCUT2D eigenvalue weighted by molar-refractivity contribution is 14.2. The second kappa shape index (κ2) is 7.71. The second-order valence-electron chi connectivity index (χ2n) is 5.82. The van der Waals surface area contributed by atoms with Crippen LogP contribution in [0.25, 0.3) is 10.8 Å². The molecule has 0 saturated heterocycles. The number of para-hydroxylation sites is 1. The van der Waals surface area contributed by atoms with Gasteiger partial charge in [0.15, 0.2) is 0 Å². The molecule has 0 fully saturated rings. The van der Waals surface area contributed by atoms with E-state index < -0.39 is 0 Å². The summed E-state index contributed by atoms with van der Waals surface area (Å²) in [5, 5.41) is 34.0. The van der Waals surface area contributed by atoms with Crippen LogP contribution in [0, 0.1) is 0 Å². The maximum atomic E-state index is 10.1. The minimum atomic E-state index is -0.230. The zero-order valence-electron chi connectivity index (χ0n) is 14.2. The first kappa shape index (κ1) is 17.4. The number of nitrogens with zero attached hydrogens (tertiary/aromatic N) is 2. The number of allylic oxidation sites excluding steroid dienone is 1. The summed E-state index contributed by atoms with van der Waals surface area (Å²) in [5.41, 5.74) is 2.40. The third-order valence-corrected chi connectivity index (χ3v) is 5.78. The summed E-state index contributed by atoms with van der Waals surface area (Å²) in [4.78, 5) is 0. The van der Waals surface area contributed by atoms with Gasteiger partial charge in [0.2, 0.25) is 0 Å². The highest BCUT2D eigenvalue weighted by Gasteiger charge is 2.12. The minimum absolute atomic E-state index is 0.0742. The Hall–Kier alpha value is -3.00. The summed E-state index contributed by atoms with van der Waals surface area (Å²) in [6.07, 6.45) is 1.89. The zero-order chi connectivity index (χ0) is 18.6. The summed E-state index contributed by atoms with van der Waals surface area (Å²) in [5.74, 6) is 0.326. The Morgan fingerprint density at radius 3 is 2.52 bits per heavy atom. The molecule has 3 N–H and O–H groups in total. The monoisotopic (exact) mass is 469 g/mol. The average Bonchev–Trinajstić information content (AvgIpc) is 2.70. The molecule has 3 aromatic rings. The van der Waals surface area contributed by atoms with Crippen LogP contribution in [0.1, 0.15) is 0 Å². The van der Waals surface area contributed by atoms with Crippen molar-refractivity contribution in [2.45, 2.75) is 0 Å². The number of nitrogens with one attached hydrogen (secondary N) is 1. The lowest BCUT2D eigenvalue weighted by Crippen LogP contribution is -2.04. The molecule has 0 aliphatic carbocycles. The first-order chi connectivity index (χ1) is 13.2. The minimum Gasteiger partial charge on any atom is -0.506 e. The quantitative estimate of drug-likeness (QED) is 0.304. The predicted octanol–water partition coefficient (Wildman–Crippen LogP) is 6.44. The Morgan fingerprint density at radius 2 is 1.67 bits per heavy atom. The van der Waals surface area contributed by atoms with Crippen LogP contribution in [0.15, 0.2) is 92.5 Å². The third kappa shape index (κ3) is 3.75. The largest absolute Gasteiger partial charge is 0.506 e. The number of fused-ring (bicyclic) bond motifs is 1. The maximum Gasteiger partial charge on any atom is 0.144 e. The molecule has 1 aliphatic rings. The van der Waals surface area contributed by atoms with Gasteiger partial charge < -0.3 is 15.5 Å². The SMILES string of the molecule is OC1=CI=CC=C1Nc1ccc2ccccc2c1N=Nc1ccccc1O. The van der Waals surface area contributed by atoms with Gasteiger partial charge in [-0.2, -0.15) is 0 Å². The Balaban J connectivity index is 1.81. The molecule has 3 aromatic carbocycles. The number of aliphatic hydroxyl groups is 1. The van der Waals surface area contributed by atoms with Crippen LogP contribution in [0.3, 0.4) is 0 Å². The van der Waals surface area contributed by atoms with E-state index in [0.29, 0.717) is 17.1 Å². The topological polar surface area (TPSA) is 77.2 Å². The Kier molecular flexibility index (Phi) is 4.97. The summed E-state index contributed by atoms with van der Waals surface area (Å²) in [7, 11) is 0. The third-order valence-electron chi connectivity index (χ3n) is 4.05. The molecule has 6 heteroatoms. The van der Waals surface area contributed by atoms with Crippen LogP contribution >= 0.6 is 20.7 Å². The number of phenolic OH excluding ortho intramolecular Hbond substituents is 1. The van der Waals surface area contributed by atoms with E-state index in [-0.39, 0.29) is 32.2 Å². The van der Waals surface area contributed by atoms with Crippen LogP contribution in [-0.4, -0.2) is 14.2 Å². The van der Waals surface area contributed by atoms with Crippen LogP contribution in [0.5, 0.6) is 5.75 Å². The number of rotatable bonds is 4. The molecule has 0 unspecified atom stereocenters. The van der Waals surface area contributed by atoms with Gasteiger partial charge in [-0.3, -0.25) is 0 Å².